The predicted octanol–water partition coefficient (Wildman–Crippen LogP) is 2.97. The number of aromatic nitrogens is 1. The van der Waals surface area contributed by atoms with E-state index in [0.717, 1.165) is 37.2 Å². The van der Waals surface area contributed by atoms with Gasteiger partial charge in [0, 0.05) is 36.0 Å². The van der Waals surface area contributed by atoms with E-state index in [1.807, 2.05) is 31.2 Å². The quantitative estimate of drug-likeness (QED) is 0.663. The van der Waals surface area contributed by atoms with Crippen LogP contribution >= 0.6 is 0 Å². The fraction of sp³-hybridized carbons (Fsp3) is 0.350. The van der Waals surface area contributed by atoms with Crippen LogP contribution in [0.25, 0.3) is 0 Å². The number of hydrazone groups is 1. The molecule has 0 unspecified atom stereocenters. The van der Waals surface area contributed by atoms with Crippen molar-refractivity contribution in [3.63, 3.8) is 0 Å². The van der Waals surface area contributed by atoms with Crippen molar-refractivity contribution in [1.29, 1.82) is 0 Å². The molecule has 1 N–H and O–H groups in total. The Balaban J connectivity index is 1.48. The van der Waals surface area contributed by atoms with Gasteiger partial charge in [0.2, 0.25) is 5.91 Å². The summed E-state index contributed by atoms with van der Waals surface area (Å²) in [5, 5.41) is 4.19. The molecule has 0 spiro atoms. The molecule has 0 saturated carbocycles. The Morgan fingerprint density at radius 1 is 1.23 bits per heavy atom. The summed E-state index contributed by atoms with van der Waals surface area (Å²) in [6.45, 7) is 3.99. The third-order valence-electron chi connectivity index (χ3n) is 4.74. The lowest BCUT2D eigenvalue weighted by Gasteiger charge is -2.31. The van der Waals surface area contributed by atoms with E-state index in [1.54, 1.807) is 18.5 Å². The molecule has 1 aliphatic heterocycles. The van der Waals surface area contributed by atoms with Crippen molar-refractivity contribution in [3.8, 4) is 0 Å². The molecule has 1 amide bonds. The smallest absolute Gasteiger partial charge is 0.243 e. The lowest BCUT2D eigenvalue weighted by Crippen LogP contribution is -2.39. The van der Waals surface area contributed by atoms with Gasteiger partial charge in [0.25, 0.3) is 0 Å². The average molecular weight is 354 g/mol. The molecule has 26 heavy (non-hydrogen) atoms. The van der Waals surface area contributed by atoms with E-state index in [9.17, 15) is 9.18 Å². The molecule has 5 nitrogen and oxygen atoms in total. The number of carbonyl (C=O) groups is 1. The third kappa shape index (κ3) is 4.73. The molecule has 1 aliphatic rings. The first-order chi connectivity index (χ1) is 12.6. The van der Waals surface area contributed by atoms with Gasteiger partial charge < -0.3 is 0 Å². The van der Waals surface area contributed by atoms with E-state index in [1.165, 1.54) is 6.07 Å². The summed E-state index contributed by atoms with van der Waals surface area (Å²) in [5.41, 5.74) is 5.05. The Labute approximate surface area is 152 Å². The monoisotopic (exact) mass is 354 g/mol. The summed E-state index contributed by atoms with van der Waals surface area (Å²) < 4.78 is 13.8. The zero-order valence-corrected chi connectivity index (χ0v) is 14.9. The second-order valence-corrected chi connectivity index (χ2v) is 6.55. The van der Waals surface area contributed by atoms with E-state index >= 15 is 0 Å². The molecular formula is C20H23FN4O. The number of pyridine rings is 1. The zero-order valence-electron chi connectivity index (χ0n) is 14.9. The Hall–Kier alpha value is -2.60. The molecule has 3 rings (SSSR count). The summed E-state index contributed by atoms with van der Waals surface area (Å²) in [5.74, 6) is -0.280. The summed E-state index contributed by atoms with van der Waals surface area (Å²) in [4.78, 5) is 18.5. The maximum Gasteiger partial charge on any atom is 0.243 e. The highest BCUT2D eigenvalue weighted by molar-refractivity contribution is 5.99. The lowest BCUT2D eigenvalue weighted by atomic mass is 9.96. The average Bonchev–Trinajstić information content (AvgIpc) is 2.69. The van der Waals surface area contributed by atoms with Crippen LogP contribution in [-0.4, -0.2) is 34.6 Å². The van der Waals surface area contributed by atoms with Crippen LogP contribution in [-0.2, 0) is 11.3 Å². The second-order valence-electron chi connectivity index (χ2n) is 6.55. The summed E-state index contributed by atoms with van der Waals surface area (Å²) in [6.07, 6.45) is 4.90. The van der Waals surface area contributed by atoms with E-state index in [0.29, 0.717) is 12.1 Å². The molecule has 0 bridgehead atoms. The number of rotatable bonds is 5. The van der Waals surface area contributed by atoms with Gasteiger partial charge in [-0.2, -0.15) is 5.10 Å². The van der Waals surface area contributed by atoms with Crippen molar-refractivity contribution in [3.05, 3.63) is 65.7 Å². The topological polar surface area (TPSA) is 57.6 Å². The van der Waals surface area contributed by atoms with Crippen molar-refractivity contribution in [2.75, 3.05) is 13.1 Å². The molecular weight excluding hydrogens is 331 g/mol. The molecule has 0 atom stereocenters. The zero-order chi connectivity index (χ0) is 18.4. The van der Waals surface area contributed by atoms with Gasteiger partial charge in [-0.15, -0.1) is 0 Å². The first-order valence-corrected chi connectivity index (χ1v) is 8.84. The van der Waals surface area contributed by atoms with Gasteiger partial charge in [0.05, 0.1) is 5.71 Å². The Morgan fingerprint density at radius 2 is 1.92 bits per heavy atom. The van der Waals surface area contributed by atoms with Gasteiger partial charge in [-0.25, -0.2) is 9.82 Å². The number of benzene rings is 1. The first kappa shape index (κ1) is 18.2. The molecule has 6 heteroatoms. The van der Waals surface area contributed by atoms with Crippen LogP contribution in [0.5, 0.6) is 0 Å². The van der Waals surface area contributed by atoms with Crippen molar-refractivity contribution >= 4 is 11.6 Å². The number of nitrogens with one attached hydrogen (secondary N) is 1. The highest BCUT2D eigenvalue weighted by Gasteiger charge is 2.25. The molecule has 1 aromatic heterocycles. The standard InChI is InChI=1S/C20H23FN4O/c1-15(16-6-10-22-11-7-16)23-24-20(26)17-8-12-25(13-9-17)14-18-4-2-3-5-19(18)21/h2-7,10-11,17H,8-9,12-14H2,1H3,(H,24,26)/b23-15+. The maximum absolute atomic E-state index is 13.8. The summed E-state index contributed by atoms with van der Waals surface area (Å²) >= 11 is 0. The van der Waals surface area contributed by atoms with Crippen molar-refractivity contribution in [1.82, 2.24) is 15.3 Å². The highest BCUT2D eigenvalue weighted by atomic mass is 19.1. The SMILES string of the molecule is C/C(=N\NC(=O)C1CCN(Cc2ccccc2F)CC1)c1ccncc1. The number of amides is 1. The predicted molar refractivity (Wildman–Crippen MR) is 99.0 cm³/mol. The number of likely N-dealkylation sites (tertiary alicyclic amines) is 1. The molecule has 0 radical (unpaired) electrons. The lowest BCUT2D eigenvalue weighted by molar-refractivity contribution is -0.126. The normalized spacial score (nSPS) is 16.5. The second kappa shape index (κ2) is 8.67. The van der Waals surface area contributed by atoms with E-state index < -0.39 is 0 Å². The molecule has 2 aromatic rings. The highest BCUT2D eigenvalue weighted by Crippen LogP contribution is 2.20. The van der Waals surface area contributed by atoms with Crippen LogP contribution in [0.1, 0.15) is 30.9 Å². The molecule has 1 saturated heterocycles. The number of carbonyl (C=O) groups excluding carboxylic acids is 1. The maximum atomic E-state index is 13.8. The van der Waals surface area contributed by atoms with Crippen LogP contribution in [0.15, 0.2) is 53.9 Å². The Bertz CT molecular complexity index is 770. The summed E-state index contributed by atoms with van der Waals surface area (Å²) in [6, 6.07) is 10.5. The van der Waals surface area contributed by atoms with Crippen LogP contribution < -0.4 is 5.43 Å². The number of nitrogens with zero attached hydrogens (tertiary/aromatic N) is 3. The fourth-order valence-electron chi connectivity index (χ4n) is 3.11. The fourth-order valence-corrected chi connectivity index (χ4v) is 3.11. The van der Waals surface area contributed by atoms with Crippen LogP contribution in [0.4, 0.5) is 4.39 Å². The number of halogens is 1. The van der Waals surface area contributed by atoms with Gasteiger partial charge in [0.1, 0.15) is 5.82 Å². The molecule has 0 aliphatic carbocycles. The minimum Gasteiger partial charge on any atom is -0.299 e. The van der Waals surface area contributed by atoms with Crippen molar-refractivity contribution in [2.45, 2.75) is 26.3 Å². The van der Waals surface area contributed by atoms with Crippen molar-refractivity contribution in [2.24, 2.45) is 11.0 Å². The Kier molecular flexibility index (Phi) is 6.07. The number of hydrogen-bond donors (Lipinski definition) is 1. The number of piperidine rings is 1. The largest absolute Gasteiger partial charge is 0.299 e. The first-order valence-electron chi connectivity index (χ1n) is 8.84. The van der Waals surface area contributed by atoms with Crippen LogP contribution in [0.2, 0.25) is 0 Å². The number of hydrogen-bond acceptors (Lipinski definition) is 4. The van der Waals surface area contributed by atoms with Gasteiger partial charge in [-0.3, -0.25) is 14.7 Å². The van der Waals surface area contributed by atoms with Gasteiger partial charge in [0.15, 0.2) is 0 Å². The third-order valence-corrected chi connectivity index (χ3v) is 4.74. The van der Waals surface area contributed by atoms with E-state index in [2.05, 4.69) is 20.4 Å². The van der Waals surface area contributed by atoms with Gasteiger partial charge >= 0.3 is 0 Å². The van der Waals surface area contributed by atoms with Crippen molar-refractivity contribution < 1.29 is 9.18 Å². The van der Waals surface area contributed by atoms with Gasteiger partial charge in [-0.05, 0) is 51.1 Å². The molecule has 1 fully saturated rings. The summed E-state index contributed by atoms with van der Waals surface area (Å²) in [7, 11) is 0. The molecule has 1 aromatic carbocycles. The van der Waals surface area contributed by atoms with Crippen LogP contribution in [0.3, 0.4) is 0 Å². The Morgan fingerprint density at radius 3 is 2.62 bits per heavy atom. The molecule has 136 valence electrons. The minimum atomic E-state index is -0.173. The molecule has 2 heterocycles. The van der Waals surface area contributed by atoms with Gasteiger partial charge in [-0.1, -0.05) is 18.2 Å². The van der Waals surface area contributed by atoms with E-state index in [-0.39, 0.29) is 17.6 Å². The van der Waals surface area contributed by atoms with E-state index in [4.69, 9.17) is 0 Å². The van der Waals surface area contributed by atoms with Crippen LogP contribution in [0, 0.1) is 11.7 Å². The minimum absolute atomic E-state index is 0.0519.